The van der Waals surface area contributed by atoms with E-state index in [1.807, 2.05) is 60.7 Å². The average Bonchev–Trinajstić information content (AvgIpc) is 2.75. The molecule has 0 radical (unpaired) electrons. The standard InChI is InChI=1S/C22H17N5O/c1-28-19-9-5-8-18-20(19)26-22(25-17-12-10-15(14-23)11-13-17)27-21(18)24-16-6-3-2-4-7-16/h2-13H,1H3,(H2,24,25,26,27). The van der Waals surface area contributed by atoms with Gasteiger partial charge in [0.1, 0.15) is 17.1 Å². The molecule has 4 aromatic rings. The highest BCUT2D eigenvalue weighted by Gasteiger charge is 2.12. The van der Waals surface area contributed by atoms with Gasteiger partial charge in [0.15, 0.2) is 0 Å². The number of fused-ring (bicyclic) bond motifs is 1. The molecule has 0 unspecified atom stereocenters. The van der Waals surface area contributed by atoms with Crippen molar-refractivity contribution in [1.29, 1.82) is 5.26 Å². The van der Waals surface area contributed by atoms with Gasteiger partial charge in [-0.1, -0.05) is 24.3 Å². The molecule has 6 heteroatoms. The number of ether oxygens (including phenoxy) is 1. The SMILES string of the molecule is COc1cccc2c(Nc3ccccc3)nc(Nc3ccc(C#N)cc3)nc12. The molecule has 2 N–H and O–H groups in total. The predicted molar refractivity (Wildman–Crippen MR) is 110 cm³/mol. The molecular weight excluding hydrogens is 350 g/mol. The molecule has 4 rings (SSSR count). The van der Waals surface area contributed by atoms with Crippen molar-refractivity contribution in [2.45, 2.75) is 0 Å². The first kappa shape index (κ1) is 17.3. The normalized spacial score (nSPS) is 10.3. The van der Waals surface area contributed by atoms with Crippen LogP contribution >= 0.6 is 0 Å². The van der Waals surface area contributed by atoms with Crippen LogP contribution in [0.15, 0.2) is 72.8 Å². The highest BCUT2D eigenvalue weighted by molar-refractivity contribution is 5.95. The van der Waals surface area contributed by atoms with Gasteiger partial charge in [0.25, 0.3) is 0 Å². The molecule has 1 heterocycles. The summed E-state index contributed by atoms with van der Waals surface area (Å²) in [6.45, 7) is 0. The fourth-order valence-corrected chi connectivity index (χ4v) is 2.86. The van der Waals surface area contributed by atoms with Gasteiger partial charge in [-0.2, -0.15) is 10.2 Å². The summed E-state index contributed by atoms with van der Waals surface area (Å²) >= 11 is 0. The molecular formula is C22H17N5O. The number of nitrogens with zero attached hydrogens (tertiary/aromatic N) is 3. The van der Waals surface area contributed by atoms with Crippen LogP contribution < -0.4 is 15.4 Å². The van der Waals surface area contributed by atoms with Crippen LogP contribution in [-0.4, -0.2) is 17.1 Å². The zero-order valence-corrected chi connectivity index (χ0v) is 15.2. The van der Waals surface area contributed by atoms with Gasteiger partial charge >= 0.3 is 0 Å². The number of methoxy groups -OCH3 is 1. The molecule has 0 spiro atoms. The topological polar surface area (TPSA) is 82.9 Å². The first-order valence-corrected chi connectivity index (χ1v) is 8.71. The molecule has 6 nitrogen and oxygen atoms in total. The Kier molecular flexibility index (Phi) is 4.72. The minimum atomic E-state index is 0.431. The Morgan fingerprint density at radius 2 is 1.57 bits per heavy atom. The van der Waals surface area contributed by atoms with E-state index >= 15 is 0 Å². The summed E-state index contributed by atoms with van der Waals surface area (Å²) in [6.07, 6.45) is 0. The number of benzene rings is 3. The molecule has 28 heavy (non-hydrogen) atoms. The highest BCUT2D eigenvalue weighted by Crippen LogP contribution is 2.31. The summed E-state index contributed by atoms with van der Waals surface area (Å²) in [7, 11) is 1.62. The van der Waals surface area contributed by atoms with Gasteiger partial charge in [0, 0.05) is 16.8 Å². The lowest BCUT2D eigenvalue weighted by Gasteiger charge is -2.13. The van der Waals surface area contributed by atoms with Crippen molar-refractivity contribution in [1.82, 2.24) is 9.97 Å². The van der Waals surface area contributed by atoms with Crippen LogP contribution in [0.2, 0.25) is 0 Å². The molecule has 0 aliphatic rings. The van der Waals surface area contributed by atoms with E-state index in [1.54, 1.807) is 19.2 Å². The summed E-state index contributed by atoms with van der Waals surface area (Å²) in [5, 5.41) is 16.4. The molecule has 0 aliphatic heterocycles. The Labute approximate surface area is 162 Å². The second-order valence-electron chi connectivity index (χ2n) is 6.06. The van der Waals surface area contributed by atoms with Gasteiger partial charge in [-0.3, -0.25) is 0 Å². The molecule has 0 saturated heterocycles. The van der Waals surface area contributed by atoms with Crippen LogP contribution in [0.1, 0.15) is 5.56 Å². The van der Waals surface area contributed by atoms with Crippen molar-refractivity contribution < 1.29 is 4.74 Å². The van der Waals surface area contributed by atoms with E-state index in [-0.39, 0.29) is 0 Å². The van der Waals surface area contributed by atoms with Crippen LogP contribution in [0.25, 0.3) is 10.9 Å². The van der Waals surface area contributed by atoms with Gasteiger partial charge in [0.05, 0.1) is 18.7 Å². The third kappa shape index (κ3) is 3.55. The number of hydrogen-bond donors (Lipinski definition) is 2. The lowest BCUT2D eigenvalue weighted by Crippen LogP contribution is -2.03. The zero-order chi connectivity index (χ0) is 19.3. The first-order chi connectivity index (χ1) is 13.8. The first-order valence-electron chi connectivity index (χ1n) is 8.71. The number of anilines is 4. The van der Waals surface area contributed by atoms with Gasteiger partial charge in [0.2, 0.25) is 5.95 Å². The van der Waals surface area contributed by atoms with Crippen LogP contribution in [0.3, 0.4) is 0 Å². The predicted octanol–water partition coefficient (Wildman–Crippen LogP) is 5.00. The van der Waals surface area contributed by atoms with Crippen LogP contribution in [0, 0.1) is 11.3 Å². The lowest BCUT2D eigenvalue weighted by molar-refractivity contribution is 0.419. The second kappa shape index (κ2) is 7.64. The maximum atomic E-state index is 8.95. The van der Waals surface area contributed by atoms with E-state index in [0.29, 0.717) is 28.6 Å². The van der Waals surface area contributed by atoms with Crippen molar-refractivity contribution in [3.63, 3.8) is 0 Å². The maximum absolute atomic E-state index is 8.95. The Morgan fingerprint density at radius 1 is 0.821 bits per heavy atom. The molecule has 1 aromatic heterocycles. The van der Waals surface area contributed by atoms with E-state index in [2.05, 4.69) is 26.7 Å². The Morgan fingerprint density at radius 3 is 2.29 bits per heavy atom. The number of nitrogens with one attached hydrogen (secondary N) is 2. The summed E-state index contributed by atoms with van der Waals surface area (Å²) in [6, 6.07) is 24.8. The van der Waals surface area contributed by atoms with Gasteiger partial charge < -0.3 is 15.4 Å². The molecule has 136 valence electrons. The quantitative estimate of drug-likeness (QED) is 0.517. The summed E-state index contributed by atoms with van der Waals surface area (Å²) in [5.74, 6) is 1.77. The maximum Gasteiger partial charge on any atom is 0.229 e. The third-order valence-corrected chi connectivity index (χ3v) is 4.22. The molecule has 3 aromatic carbocycles. The van der Waals surface area contributed by atoms with Crippen molar-refractivity contribution in [3.8, 4) is 11.8 Å². The fraction of sp³-hybridized carbons (Fsp3) is 0.0455. The van der Waals surface area contributed by atoms with E-state index in [4.69, 9.17) is 10.00 Å². The van der Waals surface area contributed by atoms with Gasteiger partial charge in [-0.05, 0) is 48.5 Å². The van der Waals surface area contributed by atoms with Crippen molar-refractivity contribution >= 4 is 34.0 Å². The number of nitriles is 1. The molecule has 0 atom stereocenters. The monoisotopic (exact) mass is 367 g/mol. The van der Waals surface area contributed by atoms with Crippen LogP contribution in [0.5, 0.6) is 5.75 Å². The molecule has 0 amide bonds. The van der Waals surface area contributed by atoms with Crippen molar-refractivity contribution in [3.05, 3.63) is 78.4 Å². The summed E-state index contributed by atoms with van der Waals surface area (Å²) < 4.78 is 5.49. The second-order valence-corrected chi connectivity index (χ2v) is 6.06. The fourth-order valence-electron chi connectivity index (χ4n) is 2.86. The number of para-hydroxylation sites is 2. The molecule has 0 aliphatic carbocycles. The third-order valence-electron chi connectivity index (χ3n) is 4.22. The molecule has 0 bridgehead atoms. The minimum Gasteiger partial charge on any atom is -0.494 e. The van der Waals surface area contributed by atoms with E-state index in [9.17, 15) is 0 Å². The molecule has 0 fully saturated rings. The van der Waals surface area contributed by atoms with Gasteiger partial charge in [-0.25, -0.2) is 4.98 Å². The minimum absolute atomic E-state index is 0.431. The Hall–Kier alpha value is -4.11. The molecule has 0 saturated carbocycles. The van der Waals surface area contributed by atoms with Crippen molar-refractivity contribution in [2.24, 2.45) is 0 Å². The highest BCUT2D eigenvalue weighted by atomic mass is 16.5. The average molecular weight is 367 g/mol. The van der Waals surface area contributed by atoms with Crippen LogP contribution in [-0.2, 0) is 0 Å². The van der Waals surface area contributed by atoms with E-state index in [0.717, 1.165) is 16.8 Å². The smallest absolute Gasteiger partial charge is 0.229 e. The van der Waals surface area contributed by atoms with E-state index < -0.39 is 0 Å². The number of hydrogen-bond acceptors (Lipinski definition) is 6. The largest absolute Gasteiger partial charge is 0.494 e. The number of rotatable bonds is 5. The zero-order valence-electron chi connectivity index (χ0n) is 15.2. The Balaban J connectivity index is 1.78. The number of aromatic nitrogens is 2. The van der Waals surface area contributed by atoms with E-state index in [1.165, 1.54) is 0 Å². The lowest BCUT2D eigenvalue weighted by atomic mass is 10.2. The summed E-state index contributed by atoms with van der Waals surface area (Å²) in [4.78, 5) is 9.29. The van der Waals surface area contributed by atoms with Crippen LogP contribution in [0.4, 0.5) is 23.1 Å². The summed E-state index contributed by atoms with van der Waals surface area (Å²) in [5.41, 5.74) is 3.02. The van der Waals surface area contributed by atoms with Crippen molar-refractivity contribution in [2.75, 3.05) is 17.7 Å². The van der Waals surface area contributed by atoms with Gasteiger partial charge in [-0.15, -0.1) is 0 Å². The Bertz CT molecular complexity index is 1150.